The first-order valence-corrected chi connectivity index (χ1v) is 8.38. The van der Waals surface area contributed by atoms with E-state index in [4.69, 9.17) is 4.74 Å². The minimum Gasteiger partial charge on any atom is -0.465 e. The van der Waals surface area contributed by atoms with Crippen LogP contribution in [0.1, 0.15) is 43.1 Å². The maximum Gasteiger partial charge on any atom is 0.340 e. The van der Waals surface area contributed by atoms with E-state index in [1.165, 1.54) is 14.2 Å². The second-order valence-electron chi connectivity index (χ2n) is 6.06. The van der Waals surface area contributed by atoms with Gasteiger partial charge in [-0.1, -0.05) is 19.1 Å². The molecule has 1 aromatic carbocycles. The summed E-state index contributed by atoms with van der Waals surface area (Å²) < 4.78 is 9.54. The Kier molecular flexibility index (Phi) is 5.97. The van der Waals surface area contributed by atoms with Crippen LogP contribution in [0.15, 0.2) is 41.1 Å². The van der Waals surface area contributed by atoms with Gasteiger partial charge in [0.25, 0.3) is 5.91 Å². The molecule has 0 aromatic heterocycles. The van der Waals surface area contributed by atoms with Gasteiger partial charge in [-0.25, -0.2) is 9.59 Å². The lowest BCUT2D eigenvalue weighted by atomic mass is 10.0. The Hall–Kier alpha value is -2.89. The van der Waals surface area contributed by atoms with E-state index in [-0.39, 0.29) is 17.5 Å². The Morgan fingerprint density at radius 3 is 2.19 bits per heavy atom. The second-order valence-corrected chi connectivity index (χ2v) is 6.06. The standard InChI is InChI=1S/C20H23NO5/c1-6-12(2)21-13(3)17(20(24)26-5)16(18(21)22)11-14-7-9-15(10-8-14)19(23)25-4/h7-12H,6H2,1-5H3/b16-11-/t12-/m0/s1. The van der Waals surface area contributed by atoms with Crippen molar-refractivity contribution in [2.24, 2.45) is 0 Å². The normalized spacial score (nSPS) is 16.9. The molecule has 0 radical (unpaired) electrons. The predicted molar refractivity (Wildman–Crippen MR) is 97.1 cm³/mol. The summed E-state index contributed by atoms with van der Waals surface area (Å²) in [7, 11) is 2.61. The fourth-order valence-electron chi connectivity index (χ4n) is 2.91. The zero-order chi connectivity index (χ0) is 19.4. The first kappa shape index (κ1) is 19.4. The van der Waals surface area contributed by atoms with E-state index in [1.54, 1.807) is 42.2 Å². The van der Waals surface area contributed by atoms with E-state index in [0.717, 1.165) is 6.42 Å². The third kappa shape index (κ3) is 3.54. The van der Waals surface area contributed by atoms with Crippen molar-refractivity contribution in [1.82, 2.24) is 4.90 Å². The van der Waals surface area contributed by atoms with Crippen molar-refractivity contribution < 1.29 is 23.9 Å². The molecular weight excluding hydrogens is 334 g/mol. The summed E-state index contributed by atoms with van der Waals surface area (Å²) in [5.74, 6) is -1.21. The van der Waals surface area contributed by atoms with Crippen LogP contribution in [-0.2, 0) is 19.1 Å². The summed E-state index contributed by atoms with van der Waals surface area (Å²) in [6, 6.07) is 6.58. The van der Waals surface area contributed by atoms with Crippen molar-refractivity contribution in [2.45, 2.75) is 33.2 Å². The number of benzene rings is 1. The van der Waals surface area contributed by atoms with Gasteiger partial charge in [0.2, 0.25) is 0 Å². The smallest absolute Gasteiger partial charge is 0.340 e. The number of ether oxygens (including phenoxy) is 2. The molecule has 1 aliphatic rings. The van der Waals surface area contributed by atoms with Gasteiger partial charge < -0.3 is 14.4 Å². The summed E-state index contributed by atoms with van der Waals surface area (Å²) in [5, 5.41) is 0. The molecule has 0 spiro atoms. The van der Waals surface area contributed by atoms with Gasteiger partial charge in [-0.15, -0.1) is 0 Å². The molecule has 1 heterocycles. The molecule has 138 valence electrons. The number of amides is 1. The van der Waals surface area contributed by atoms with Crippen LogP contribution >= 0.6 is 0 Å². The van der Waals surface area contributed by atoms with E-state index in [9.17, 15) is 14.4 Å². The number of allylic oxidation sites excluding steroid dienone is 1. The molecule has 0 saturated heterocycles. The van der Waals surface area contributed by atoms with Crippen LogP contribution < -0.4 is 0 Å². The van der Waals surface area contributed by atoms with Crippen LogP contribution in [0.2, 0.25) is 0 Å². The fourth-order valence-corrected chi connectivity index (χ4v) is 2.91. The number of methoxy groups -OCH3 is 2. The Morgan fingerprint density at radius 2 is 1.69 bits per heavy atom. The van der Waals surface area contributed by atoms with Crippen LogP contribution in [0.5, 0.6) is 0 Å². The van der Waals surface area contributed by atoms with Crippen LogP contribution in [0.25, 0.3) is 6.08 Å². The Labute approximate surface area is 153 Å². The number of carbonyl (C=O) groups is 3. The van der Waals surface area contributed by atoms with Gasteiger partial charge in [0.15, 0.2) is 0 Å². The summed E-state index contributed by atoms with van der Waals surface area (Å²) in [4.78, 5) is 38.3. The maximum absolute atomic E-state index is 12.9. The SMILES string of the molecule is CC[C@H](C)N1C(=O)/C(=C\c2ccc(C(=O)OC)cc2)C(C(=O)OC)=C1C. The Morgan fingerprint density at radius 1 is 1.12 bits per heavy atom. The molecule has 1 atom stereocenters. The first-order valence-electron chi connectivity index (χ1n) is 8.38. The van der Waals surface area contributed by atoms with Gasteiger partial charge in [0.1, 0.15) is 0 Å². The lowest BCUT2D eigenvalue weighted by Gasteiger charge is -2.24. The number of carbonyl (C=O) groups excluding carboxylic acids is 3. The molecule has 0 aliphatic carbocycles. The highest BCUT2D eigenvalue weighted by Gasteiger charge is 2.38. The minimum absolute atomic E-state index is 0.0326. The first-order chi connectivity index (χ1) is 12.3. The minimum atomic E-state index is -0.543. The number of hydrogen-bond acceptors (Lipinski definition) is 5. The van der Waals surface area contributed by atoms with Gasteiger partial charge in [0.05, 0.1) is 30.9 Å². The largest absolute Gasteiger partial charge is 0.465 e. The zero-order valence-electron chi connectivity index (χ0n) is 15.7. The van der Waals surface area contributed by atoms with Crippen molar-refractivity contribution in [3.8, 4) is 0 Å². The number of nitrogens with zero attached hydrogens (tertiary/aromatic N) is 1. The molecule has 2 rings (SSSR count). The van der Waals surface area contributed by atoms with E-state index in [1.807, 2.05) is 13.8 Å². The number of hydrogen-bond donors (Lipinski definition) is 0. The molecule has 0 N–H and O–H groups in total. The van der Waals surface area contributed by atoms with Crippen molar-refractivity contribution in [2.75, 3.05) is 14.2 Å². The van der Waals surface area contributed by atoms with Crippen molar-refractivity contribution in [1.29, 1.82) is 0 Å². The molecule has 26 heavy (non-hydrogen) atoms. The molecule has 1 aliphatic heterocycles. The average Bonchev–Trinajstić information content (AvgIpc) is 2.90. The van der Waals surface area contributed by atoms with Gasteiger partial charge in [-0.05, 0) is 44.0 Å². The van der Waals surface area contributed by atoms with Crippen molar-refractivity contribution >= 4 is 23.9 Å². The molecule has 0 fully saturated rings. The van der Waals surface area contributed by atoms with Crippen LogP contribution in [0.4, 0.5) is 0 Å². The van der Waals surface area contributed by atoms with Gasteiger partial charge >= 0.3 is 11.9 Å². The van der Waals surface area contributed by atoms with Gasteiger partial charge in [-0.2, -0.15) is 0 Å². The highest BCUT2D eigenvalue weighted by atomic mass is 16.5. The van der Waals surface area contributed by atoms with Crippen molar-refractivity contribution in [3.05, 3.63) is 52.2 Å². The molecule has 0 unspecified atom stereocenters. The van der Waals surface area contributed by atoms with E-state index in [2.05, 4.69) is 4.74 Å². The molecule has 0 bridgehead atoms. The predicted octanol–water partition coefficient (Wildman–Crippen LogP) is 2.94. The Bertz CT molecular complexity index is 789. The third-order valence-electron chi connectivity index (χ3n) is 4.51. The topological polar surface area (TPSA) is 72.9 Å². The molecule has 1 amide bonds. The van der Waals surface area contributed by atoms with E-state index >= 15 is 0 Å². The van der Waals surface area contributed by atoms with Crippen molar-refractivity contribution in [3.63, 3.8) is 0 Å². The zero-order valence-corrected chi connectivity index (χ0v) is 15.7. The number of esters is 2. The summed E-state index contributed by atoms with van der Waals surface area (Å²) in [6.07, 6.45) is 2.40. The number of rotatable bonds is 5. The highest BCUT2D eigenvalue weighted by Crippen LogP contribution is 2.33. The van der Waals surface area contributed by atoms with Crippen LogP contribution in [-0.4, -0.2) is 43.0 Å². The highest BCUT2D eigenvalue weighted by molar-refractivity contribution is 6.16. The van der Waals surface area contributed by atoms with Gasteiger partial charge in [0, 0.05) is 11.7 Å². The van der Waals surface area contributed by atoms with E-state index in [0.29, 0.717) is 22.4 Å². The average molecular weight is 357 g/mol. The molecular formula is C20H23NO5. The van der Waals surface area contributed by atoms with E-state index < -0.39 is 11.9 Å². The van der Waals surface area contributed by atoms with Gasteiger partial charge in [-0.3, -0.25) is 4.79 Å². The summed E-state index contributed by atoms with van der Waals surface area (Å²) in [6.45, 7) is 5.66. The summed E-state index contributed by atoms with van der Waals surface area (Å²) >= 11 is 0. The second kappa shape index (κ2) is 7.99. The molecule has 6 nitrogen and oxygen atoms in total. The third-order valence-corrected chi connectivity index (χ3v) is 4.51. The lowest BCUT2D eigenvalue weighted by molar-refractivity contribution is -0.136. The van der Waals surface area contributed by atoms with Crippen LogP contribution in [0, 0.1) is 0 Å². The molecule has 0 saturated carbocycles. The lowest BCUT2D eigenvalue weighted by Crippen LogP contribution is -2.33. The Balaban J connectivity index is 2.48. The quantitative estimate of drug-likeness (QED) is 0.598. The molecule has 1 aromatic rings. The maximum atomic E-state index is 12.9. The molecule has 6 heteroatoms. The fraction of sp³-hybridized carbons (Fsp3) is 0.350. The van der Waals surface area contributed by atoms with Crippen LogP contribution in [0.3, 0.4) is 0 Å². The summed E-state index contributed by atoms with van der Waals surface area (Å²) in [5.41, 5.74) is 2.26. The monoisotopic (exact) mass is 357 g/mol.